The summed E-state index contributed by atoms with van der Waals surface area (Å²) in [4.78, 5) is 36.6. The van der Waals surface area contributed by atoms with Crippen molar-refractivity contribution in [1.29, 1.82) is 0 Å². The van der Waals surface area contributed by atoms with Gasteiger partial charge in [-0.3, -0.25) is 9.59 Å². The first-order chi connectivity index (χ1) is 12.6. The third-order valence-electron chi connectivity index (χ3n) is 8.86. The van der Waals surface area contributed by atoms with Gasteiger partial charge in [-0.25, -0.2) is 0 Å². The van der Waals surface area contributed by atoms with E-state index in [4.69, 9.17) is 0 Å². The van der Waals surface area contributed by atoms with E-state index in [-0.39, 0.29) is 46.6 Å². The van der Waals surface area contributed by atoms with Crippen LogP contribution in [-0.2, 0) is 14.4 Å². The lowest BCUT2D eigenvalue weighted by molar-refractivity contribution is -0.172. The predicted octanol–water partition coefficient (Wildman–Crippen LogP) is 3.29. The lowest BCUT2D eigenvalue weighted by Gasteiger charge is -2.59. The summed E-state index contributed by atoms with van der Waals surface area (Å²) in [6.07, 6.45) is 9.57. The highest BCUT2D eigenvalue weighted by Gasteiger charge is 2.69. The molecule has 4 nitrogen and oxygen atoms in total. The Hall–Kier alpha value is -1.55. The van der Waals surface area contributed by atoms with E-state index in [1.807, 2.05) is 19.9 Å². The van der Waals surface area contributed by atoms with Gasteiger partial charge in [-0.2, -0.15) is 0 Å². The maximum absolute atomic E-state index is 12.5. The fourth-order valence-electron chi connectivity index (χ4n) is 7.67. The zero-order valence-electron chi connectivity index (χ0n) is 16.7. The Balaban J connectivity index is 1.83. The van der Waals surface area contributed by atoms with Gasteiger partial charge in [0.05, 0.1) is 0 Å². The molecular formula is C23H30O4. The molecule has 0 spiro atoms. The van der Waals surface area contributed by atoms with Crippen LogP contribution in [0, 0.1) is 40.4 Å². The van der Waals surface area contributed by atoms with E-state index in [0.29, 0.717) is 6.42 Å². The van der Waals surface area contributed by atoms with Gasteiger partial charge in [0.15, 0.2) is 11.6 Å². The molecule has 8 atom stereocenters. The quantitative estimate of drug-likeness (QED) is 0.757. The van der Waals surface area contributed by atoms with Crippen molar-refractivity contribution in [3.05, 3.63) is 23.8 Å². The van der Waals surface area contributed by atoms with Gasteiger partial charge in [0, 0.05) is 16.7 Å². The smallest absolute Gasteiger partial charge is 0.178 e. The van der Waals surface area contributed by atoms with Crippen molar-refractivity contribution in [3.8, 4) is 0 Å². The summed E-state index contributed by atoms with van der Waals surface area (Å²) < 4.78 is 0. The zero-order valence-corrected chi connectivity index (χ0v) is 16.7. The molecule has 0 radical (unpaired) electrons. The second kappa shape index (κ2) is 5.73. The Morgan fingerprint density at radius 3 is 2.67 bits per heavy atom. The standard InChI is InChI=1S/C23H30O4/c1-13-9-19-18-6-5-16-10-17(26)7-8-21(16,3)20(18)15(12-24)11-22(19,4)23(13,27)14(2)25/h7-8,10,12-13,15,18-20,27H,5-6,9,11H2,1-4H3/t13-,15-,18?,19?,20?,21+,22?,23+/m1/s1. The van der Waals surface area contributed by atoms with Crippen molar-refractivity contribution < 1.29 is 19.5 Å². The monoisotopic (exact) mass is 370 g/mol. The van der Waals surface area contributed by atoms with Crippen LogP contribution < -0.4 is 0 Å². The number of Topliss-reactive ketones (excluding diaryl/α,β-unsaturated/α-hetero) is 1. The molecule has 0 heterocycles. The minimum absolute atomic E-state index is 0.0321. The molecule has 4 heteroatoms. The molecule has 0 amide bonds. The minimum atomic E-state index is -1.36. The summed E-state index contributed by atoms with van der Waals surface area (Å²) in [5, 5.41) is 11.5. The first kappa shape index (κ1) is 18.8. The lowest BCUT2D eigenvalue weighted by Crippen LogP contribution is -2.60. The molecule has 4 aliphatic carbocycles. The molecule has 0 aromatic heterocycles. The van der Waals surface area contributed by atoms with E-state index < -0.39 is 11.0 Å². The van der Waals surface area contributed by atoms with Crippen molar-refractivity contribution >= 4 is 17.9 Å². The van der Waals surface area contributed by atoms with E-state index >= 15 is 0 Å². The largest absolute Gasteiger partial charge is 0.381 e. The van der Waals surface area contributed by atoms with Crippen molar-refractivity contribution in [2.75, 3.05) is 0 Å². The van der Waals surface area contributed by atoms with Crippen molar-refractivity contribution in [3.63, 3.8) is 0 Å². The van der Waals surface area contributed by atoms with Crippen LogP contribution in [0.2, 0.25) is 0 Å². The van der Waals surface area contributed by atoms with Gasteiger partial charge in [-0.05, 0) is 68.4 Å². The van der Waals surface area contributed by atoms with Gasteiger partial charge < -0.3 is 9.90 Å². The number of hydrogen-bond donors (Lipinski definition) is 1. The molecule has 0 bridgehead atoms. The number of fused-ring (bicyclic) bond motifs is 5. The number of rotatable bonds is 2. The molecule has 4 aliphatic rings. The fraction of sp³-hybridized carbons (Fsp3) is 0.696. The summed E-state index contributed by atoms with van der Waals surface area (Å²) in [7, 11) is 0. The van der Waals surface area contributed by atoms with E-state index in [1.54, 1.807) is 12.2 Å². The summed E-state index contributed by atoms with van der Waals surface area (Å²) in [5.41, 5.74) is -1.08. The first-order valence-electron chi connectivity index (χ1n) is 10.2. The number of aldehydes is 1. The van der Waals surface area contributed by atoms with Crippen LogP contribution in [0.5, 0.6) is 0 Å². The van der Waals surface area contributed by atoms with Crippen LogP contribution in [0.15, 0.2) is 23.8 Å². The van der Waals surface area contributed by atoms with Gasteiger partial charge in [0.1, 0.15) is 11.9 Å². The Labute approximate surface area is 161 Å². The van der Waals surface area contributed by atoms with Crippen molar-refractivity contribution in [2.45, 2.75) is 59.0 Å². The SMILES string of the molecule is CC(=O)[C@@]1(O)[C@H](C)CC2C3CCC4=CC(=O)C=C[C@]4(C)C3[C@@H](C=O)CC21C. The van der Waals surface area contributed by atoms with Crippen LogP contribution in [0.25, 0.3) is 0 Å². The Morgan fingerprint density at radius 1 is 1.33 bits per heavy atom. The van der Waals surface area contributed by atoms with Crippen LogP contribution in [0.3, 0.4) is 0 Å². The first-order valence-corrected chi connectivity index (χ1v) is 10.2. The molecule has 4 unspecified atom stereocenters. The Kier molecular flexibility index (Phi) is 3.99. The van der Waals surface area contributed by atoms with Gasteiger partial charge in [0.25, 0.3) is 0 Å². The van der Waals surface area contributed by atoms with Crippen molar-refractivity contribution in [1.82, 2.24) is 0 Å². The molecule has 0 saturated heterocycles. The van der Waals surface area contributed by atoms with Crippen molar-refractivity contribution in [2.24, 2.45) is 40.4 Å². The number of hydrogen-bond acceptors (Lipinski definition) is 4. The maximum Gasteiger partial charge on any atom is 0.178 e. The highest BCUT2D eigenvalue weighted by Crippen LogP contribution is 2.69. The summed E-state index contributed by atoms with van der Waals surface area (Å²) >= 11 is 0. The molecule has 0 aliphatic heterocycles. The molecule has 3 fully saturated rings. The van der Waals surface area contributed by atoms with Gasteiger partial charge in [-0.15, -0.1) is 0 Å². The van der Waals surface area contributed by atoms with Gasteiger partial charge >= 0.3 is 0 Å². The van der Waals surface area contributed by atoms with Crippen LogP contribution in [0.4, 0.5) is 0 Å². The molecule has 1 N–H and O–H groups in total. The lowest BCUT2D eigenvalue weighted by atomic mass is 9.44. The molecule has 146 valence electrons. The average molecular weight is 370 g/mol. The highest BCUT2D eigenvalue weighted by atomic mass is 16.3. The van der Waals surface area contributed by atoms with E-state index in [9.17, 15) is 19.5 Å². The molecule has 3 saturated carbocycles. The number of aliphatic hydroxyl groups is 1. The third kappa shape index (κ3) is 2.16. The highest BCUT2D eigenvalue weighted by molar-refractivity contribution is 6.01. The van der Waals surface area contributed by atoms with Crippen LogP contribution in [0.1, 0.15) is 53.4 Å². The number of ketones is 2. The fourth-order valence-corrected chi connectivity index (χ4v) is 7.67. The Bertz CT molecular complexity index is 779. The number of carbonyl (C=O) groups excluding carboxylic acids is 3. The Morgan fingerprint density at radius 2 is 2.04 bits per heavy atom. The van der Waals surface area contributed by atoms with E-state index in [0.717, 1.165) is 31.1 Å². The molecular weight excluding hydrogens is 340 g/mol. The number of allylic oxidation sites excluding steroid dienone is 4. The minimum Gasteiger partial charge on any atom is -0.381 e. The molecule has 27 heavy (non-hydrogen) atoms. The number of carbonyl (C=O) groups is 3. The average Bonchev–Trinajstić information content (AvgIpc) is 2.83. The van der Waals surface area contributed by atoms with E-state index in [1.165, 1.54) is 6.92 Å². The molecule has 4 rings (SSSR count). The normalized spacial score (nSPS) is 51.1. The maximum atomic E-state index is 12.5. The van der Waals surface area contributed by atoms with Gasteiger partial charge in [-0.1, -0.05) is 32.4 Å². The van der Waals surface area contributed by atoms with Gasteiger partial charge in [0.2, 0.25) is 0 Å². The summed E-state index contributed by atoms with van der Waals surface area (Å²) in [5.74, 6) is 0.141. The topological polar surface area (TPSA) is 71.4 Å². The second-order valence-corrected chi connectivity index (χ2v) is 9.90. The predicted molar refractivity (Wildman–Crippen MR) is 102 cm³/mol. The summed E-state index contributed by atoms with van der Waals surface area (Å²) in [6, 6.07) is 0. The summed E-state index contributed by atoms with van der Waals surface area (Å²) in [6.45, 7) is 7.66. The zero-order chi connectivity index (χ0) is 19.8. The van der Waals surface area contributed by atoms with E-state index in [2.05, 4.69) is 6.92 Å². The van der Waals surface area contributed by atoms with Crippen LogP contribution >= 0.6 is 0 Å². The van der Waals surface area contributed by atoms with Crippen LogP contribution in [-0.4, -0.2) is 28.6 Å². The molecule has 0 aromatic carbocycles. The second-order valence-electron chi connectivity index (χ2n) is 9.90. The molecule has 0 aromatic rings. The third-order valence-corrected chi connectivity index (χ3v) is 8.86.